The Labute approximate surface area is 199 Å². The average Bonchev–Trinajstić information content (AvgIpc) is 3.05. The molecule has 8 heteroatoms. The summed E-state index contributed by atoms with van der Waals surface area (Å²) < 4.78 is 35.2. The zero-order valence-electron chi connectivity index (χ0n) is 20.6. The molecule has 192 valence electrons. The Morgan fingerprint density at radius 2 is 1.64 bits per heavy atom. The van der Waals surface area contributed by atoms with Crippen molar-refractivity contribution in [3.05, 3.63) is 0 Å². The van der Waals surface area contributed by atoms with Crippen LogP contribution in [0.3, 0.4) is 0 Å². The number of aliphatic hydroxyl groups is 3. The monoisotopic (exact) mass is 488 g/mol. The molecule has 4 fully saturated rings. The van der Waals surface area contributed by atoms with Crippen LogP contribution in [0, 0.1) is 52.3 Å². The van der Waals surface area contributed by atoms with Crippen molar-refractivity contribution in [2.24, 2.45) is 52.3 Å². The molecule has 4 N–H and O–H groups in total. The van der Waals surface area contributed by atoms with E-state index in [-0.39, 0.29) is 47.2 Å². The number of rotatable bonds is 6. The Kier molecular flexibility index (Phi) is 7.05. The summed E-state index contributed by atoms with van der Waals surface area (Å²) in [5.41, 5.74) is 0.184. The zero-order chi connectivity index (χ0) is 24.3. The first kappa shape index (κ1) is 25.8. The van der Waals surface area contributed by atoms with Gasteiger partial charge in [-0.05, 0) is 97.2 Å². The van der Waals surface area contributed by atoms with Gasteiger partial charge in [0.1, 0.15) is 0 Å². The van der Waals surface area contributed by atoms with E-state index in [1.165, 1.54) is 0 Å². The van der Waals surface area contributed by atoms with E-state index in [1.54, 1.807) is 0 Å². The highest BCUT2D eigenvalue weighted by Gasteiger charge is 2.64. The third-order valence-corrected chi connectivity index (χ3v) is 11.4. The average molecular weight is 489 g/mol. The largest absolute Gasteiger partial charge is 0.399 e. The molecule has 0 bridgehead atoms. The summed E-state index contributed by atoms with van der Waals surface area (Å²) in [6, 6.07) is 0. The lowest BCUT2D eigenvalue weighted by atomic mass is 9.41. The summed E-state index contributed by atoms with van der Waals surface area (Å²) in [7, 11) is -4.69. The minimum Gasteiger partial charge on any atom is -0.393 e. The molecule has 4 saturated carbocycles. The normalized spacial score (nSPS) is 49.6. The SMILES string of the molecule is CC[C@H]1[C@@H](O)[C@@H]2[C@H](CC[C@]3(C)[C@@H]([C@H](C)CC(O)OS(=O)(=O)O)CC[C@@H]23)[C@@]2(C)CC[C@@H](O)C[C@@H]12. The molecule has 33 heavy (non-hydrogen) atoms. The first-order valence-electron chi connectivity index (χ1n) is 13.0. The number of hydrogen-bond donors (Lipinski definition) is 4. The van der Waals surface area contributed by atoms with Gasteiger partial charge in [0.15, 0.2) is 6.29 Å². The van der Waals surface area contributed by atoms with E-state index in [0.717, 1.165) is 51.4 Å². The van der Waals surface area contributed by atoms with Gasteiger partial charge in [-0.1, -0.05) is 34.1 Å². The first-order valence-corrected chi connectivity index (χ1v) is 14.4. The van der Waals surface area contributed by atoms with E-state index in [1.807, 2.05) is 6.92 Å². The summed E-state index contributed by atoms with van der Waals surface area (Å²) in [6.45, 7) is 8.97. The van der Waals surface area contributed by atoms with Crippen LogP contribution < -0.4 is 0 Å². The lowest BCUT2D eigenvalue weighted by Crippen LogP contribution is -2.62. The van der Waals surface area contributed by atoms with Crippen molar-refractivity contribution in [1.82, 2.24) is 0 Å². The van der Waals surface area contributed by atoms with Gasteiger partial charge in [-0.25, -0.2) is 4.18 Å². The molecule has 4 rings (SSSR count). The third kappa shape index (κ3) is 4.42. The Morgan fingerprint density at radius 1 is 1.00 bits per heavy atom. The molecule has 0 saturated heterocycles. The van der Waals surface area contributed by atoms with Crippen molar-refractivity contribution in [1.29, 1.82) is 0 Å². The minimum absolute atomic E-state index is 0.0229. The van der Waals surface area contributed by atoms with E-state index in [2.05, 4.69) is 25.0 Å². The van der Waals surface area contributed by atoms with Crippen molar-refractivity contribution >= 4 is 10.4 Å². The van der Waals surface area contributed by atoms with E-state index in [0.29, 0.717) is 23.7 Å². The molecule has 0 aromatic rings. The highest BCUT2D eigenvalue weighted by Crippen LogP contribution is 2.69. The van der Waals surface area contributed by atoms with Crippen molar-refractivity contribution in [2.75, 3.05) is 0 Å². The lowest BCUT2D eigenvalue weighted by molar-refractivity contribution is -0.203. The smallest absolute Gasteiger partial charge is 0.393 e. The fraction of sp³-hybridized carbons (Fsp3) is 1.00. The molecule has 0 aliphatic heterocycles. The van der Waals surface area contributed by atoms with Crippen LogP contribution in [0.2, 0.25) is 0 Å². The molecule has 4 aliphatic rings. The number of hydrogen-bond acceptors (Lipinski definition) is 6. The molecule has 0 aromatic heterocycles. The molecule has 0 amide bonds. The van der Waals surface area contributed by atoms with E-state index < -0.39 is 16.7 Å². The zero-order valence-corrected chi connectivity index (χ0v) is 21.4. The van der Waals surface area contributed by atoms with E-state index >= 15 is 0 Å². The molecule has 0 radical (unpaired) electrons. The van der Waals surface area contributed by atoms with Crippen molar-refractivity contribution < 1.29 is 32.5 Å². The van der Waals surface area contributed by atoms with Gasteiger partial charge in [0.25, 0.3) is 0 Å². The van der Waals surface area contributed by atoms with Gasteiger partial charge < -0.3 is 15.3 Å². The predicted molar refractivity (Wildman–Crippen MR) is 124 cm³/mol. The second kappa shape index (κ2) is 9.00. The summed E-state index contributed by atoms with van der Waals surface area (Å²) in [4.78, 5) is 0. The molecule has 12 atom stereocenters. The molecular weight excluding hydrogens is 444 g/mol. The van der Waals surface area contributed by atoms with Crippen LogP contribution in [0.5, 0.6) is 0 Å². The fourth-order valence-electron chi connectivity index (χ4n) is 9.59. The Hall–Kier alpha value is -0.250. The van der Waals surface area contributed by atoms with Crippen LogP contribution in [-0.2, 0) is 14.6 Å². The fourth-order valence-corrected chi connectivity index (χ4v) is 9.95. The predicted octanol–water partition coefficient (Wildman–Crippen LogP) is 3.78. The lowest BCUT2D eigenvalue weighted by Gasteiger charge is -2.64. The molecule has 0 aromatic carbocycles. The van der Waals surface area contributed by atoms with Gasteiger partial charge in [0.05, 0.1) is 12.2 Å². The summed E-state index contributed by atoms with van der Waals surface area (Å²) in [5.74, 6) is 2.04. The first-order chi connectivity index (χ1) is 15.3. The third-order valence-electron chi connectivity index (χ3n) is 11.0. The topological polar surface area (TPSA) is 124 Å². The van der Waals surface area contributed by atoms with Crippen LogP contribution >= 0.6 is 0 Å². The molecule has 7 nitrogen and oxygen atoms in total. The summed E-state index contributed by atoms with van der Waals surface area (Å²) >= 11 is 0. The minimum atomic E-state index is -4.69. The van der Waals surface area contributed by atoms with Crippen molar-refractivity contribution in [3.8, 4) is 0 Å². The maximum Gasteiger partial charge on any atom is 0.399 e. The van der Waals surface area contributed by atoms with Gasteiger partial charge in [-0.2, -0.15) is 8.42 Å². The van der Waals surface area contributed by atoms with Crippen LogP contribution in [0.15, 0.2) is 0 Å². The van der Waals surface area contributed by atoms with Gasteiger partial charge in [-0.15, -0.1) is 0 Å². The Bertz CT molecular complexity index is 818. The van der Waals surface area contributed by atoms with Crippen molar-refractivity contribution in [3.63, 3.8) is 0 Å². The van der Waals surface area contributed by atoms with Gasteiger partial charge in [0.2, 0.25) is 0 Å². The van der Waals surface area contributed by atoms with Crippen LogP contribution in [0.25, 0.3) is 0 Å². The molecule has 0 heterocycles. The van der Waals surface area contributed by atoms with Crippen molar-refractivity contribution in [2.45, 2.75) is 104 Å². The second-order valence-electron chi connectivity index (χ2n) is 12.3. The van der Waals surface area contributed by atoms with Gasteiger partial charge in [-0.3, -0.25) is 4.55 Å². The Balaban J connectivity index is 1.57. The summed E-state index contributed by atoms with van der Waals surface area (Å²) in [5, 5.41) is 32.2. The molecule has 0 spiro atoms. The highest BCUT2D eigenvalue weighted by molar-refractivity contribution is 7.80. The number of fused-ring (bicyclic) bond motifs is 5. The quantitative estimate of drug-likeness (QED) is 0.331. The maximum atomic E-state index is 11.7. The standard InChI is InChI=1S/C25H44O7S/c1-5-16-20-13-15(26)8-10-25(20,4)19-9-11-24(3)17(6-7-18(24)22(19)23(16)28)14(2)12-21(27)32-33(29,30)31/h14-23,26-28H,5-13H2,1-4H3,(H,29,30,31)/t14-,15-,16-,17-,18+,19+,20+,21?,22+,23-,24-,25-/m1/s1. The van der Waals surface area contributed by atoms with Crippen LogP contribution in [0.1, 0.15) is 85.5 Å². The molecule has 1 unspecified atom stereocenters. The molecular formula is C25H44O7S. The molecule has 4 aliphatic carbocycles. The van der Waals surface area contributed by atoms with E-state index in [9.17, 15) is 23.7 Å². The second-order valence-corrected chi connectivity index (χ2v) is 13.4. The Morgan fingerprint density at radius 3 is 2.27 bits per heavy atom. The summed E-state index contributed by atoms with van der Waals surface area (Å²) in [6.07, 6.45) is 5.80. The highest BCUT2D eigenvalue weighted by atomic mass is 32.3. The number of aliphatic hydroxyl groups excluding tert-OH is 3. The maximum absolute atomic E-state index is 11.7. The van der Waals surface area contributed by atoms with E-state index in [4.69, 9.17) is 4.55 Å². The van der Waals surface area contributed by atoms with Gasteiger partial charge in [0, 0.05) is 6.42 Å². The van der Waals surface area contributed by atoms with Crippen LogP contribution in [-0.4, -0.2) is 46.8 Å². The van der Waals surface area contributed by atoms with Gasteiger partial charge >= 0.3 is 10.4 Å². The van der Waals surface area contributed by atoms with Crippen LogP contribution in [0.4, 0.5) is 0 Å².